The van der Waals surface area contributed by atoms with Gasteiger partial charge in [0, 0.05) is 0 Å². The van der Waals surface area contributed by atoms with Crippen molar-refractivity contribution in [2.75, 3.05) is 0 Å². The van der Waals surface area contributed by atoms with Gasteiger partial charge < -0.3 is 71.0 Å². The van der Waals surface area contributed by atoms with Crippen LogP contribution in [0.25, 0.3) is 0 Å². The molecule has 0 aliphatic carbocycles. The molecule has 0 N–H and O–H groups in total. The maximum atomic E-state index is 0. The van der Waals surface area contributed by atoms with Crippen LogP contribution < -0.4 is 0 Å². The molecule has 0 aliphatic rings. The molecule has 24 valence electrons. The molecule has 0 aromatic heterocycles. The molecule has 0 bridgehead atoms. The van der Waals surface area contributed by atoms with Gasteiger partial charge in [-0.3, -0.25) is 0 Å². The molecule has 0 fully saturated rings. The van der Waals surface area contributed by atoms with E-state index in [-0.39, 0.29) is 96.8 Å². The molecule has 0 aromatic carbocycles. The van der Waals surface area contributed by atoms with Crippen molar-refractivity contribution >= 4 is 71.0 Å². The van der Waals surface area contributed by atoms with Crippen molar-refractivity contribution in [1.82, 2.24) is 0 Å². The third-order valence-electron chi connectivity index (χ3n) is 0. The molecule has 4 heavy (non-hydrogen) atoms. The molecule has 4 heteroatoms. The van der Waals surface area contributed by atoms with E-state index in [4.69, 9.17) is 0 Å². The second-order valence-corrected chi connectivity index (χ2v) is 0. The molecular formula is HfTe3-2. The van der Waals surface area contributed by atoms with Crippen LogP contribution in [0.5, 0.6) is 0 Å². The van der Waals surface area contributed by atoms with Gasteiger partial charge in [-0.2, -0.15) is 0 Å². The molecule has 0 aliphatic heterocycles. The smallest absolute Gasteiger partial charge is 2.00 e. The van der Waals surface area contributed by atoms with Crippen molar-refractivity contribution in [1.29, 1.82) is 0 Å². The van der Waals surface area contributed by atoms with Crippen LogP contribution in [0.3, 0.4) is 0 Å². The van der Waals surface area contributed by atoms with E-state index in [9.17, 15) is 0 Å². The quantitative estimate of drug-likeness (QED) is 0.329. The Kier molecular flexibility index (Phi) is 110. The predicted octanol–water partition coefficient (Wildman–Crippen LogP) is -1.14. The van der Waals surface area contributed by atoms with E-state index in [2.05, 4.69) is 0 Å². The van der Waals surface area contributed by atoms with E-state index in [0.29, 0.717) is 0 Å². The molecule has 0 aromatic rings. The van der Waals surface area contributed by atoms with Crippen molar-refractivity contribution in [2.24, 2.45) is 0 Å². The first-order valence-electron chi connectivity index (χ1n) is 0. The molecule has 0 saturated heterocycles. The average molecular weight is 561 g/mol. The second kappa shape index (κ2) is 16.3. The molecule has 0 spiro atoms. The van der Waals surface area contributed by atoms with Gasteiger partial charge in [-0.25, -0.2) is 0 Å². The Morgan fingerprint density at radius 3 is 0.500 bits per heavy atom. The number of hydrogen-bond acceptors (Lipinski definition) is 0. The van der Waals surface area contributed by atoms with Gasteiger partial charge in [0.05, 0.1) is 0 Å². The summed E-state index contributed by atoms with van der Waals surface area (Å²) in [6, 6.07) is 0. The van der Waals surface area contributed by atoms with Crippen LogP contribution in [-0.2, 0) is 25.8 Å². The maximum absolute atomic E-state index is 0. The average Bonchev–Trinajstić information content (AvgIpc) is 0. The van der Waals surface area contributed by atoms with Gasteiger partial charge in [0.15, 0.2) is 0 Å². The van der Waals surface area contributed by atoms with E-state index in [1.807, 2.05) is 0 Å². The largest absolute Gasteiger partial charge is 4.00 e. The van der Waals surface area contributed by atoms with Crippen LogP contribution in [0, 0.1) is 0 Å². The van der Waals surface area contributed by atoms with Crippen LogP contribution in [-0.4, -0.2) is 71.0 Å². The molecule has 0 saturated carbocycles. The molecule has 0 nitrogen and oxygen atoms in total. The zero-order valence-corrected chi connectivity index (χ0v) is 12.3. The molecule has 0 unspecified atom stereocenters. The monoisotopic (exact) mass is 570 g/mol. The SMILES string of the molecule is [Hf+4].[Te-2].[Te-2].[Te-2]. The Morgan fingerprint density at radius 1 is 0.500 bits per heavy atom. The minimum absolute atomic E-state index is 0. The third-order valence-corrected chi connectivity index (χ3v) is 0. The fourth-order valence-electron chi connectivity index (χ4n) is 0. The van der Waals surface area contributed by atoms with E-state index in [0.717, 1.165) is 0 Å². The molecule has 0 amide bonds. The van der Waals surface area contributed by atoms with E-state index < -0.39 is 0 Å². The summed E-state index contributed by atoms with van der Waals surface area (Å²) in [5.74, 6) is 0. The van der Waals surface area contributed by atoms with Gasteiger partial charge >= 0.3 is 25.8 Å². The number of hydrogen-bond donors (Lipinski definition) is 0. The Bertz CT molecular complexity index is 3.25. The van der Waals surface area contributed by atoms with Gasteiger partial charge in [0.1, 0.15) is 0 Å². The van der Waals surface area contributed by atoms with Gasteiger partial charge in [-0.05, 0) is 0 Å². The molecular weight excluding hydrogens is 561 g/mol. The standard InChI is InChI=1S/Hf.3Te/q+4;3*-2. The summed E-state index contributed by atoms with van der Waals surface area (Å²) >= 11 is 0. The van der Waals surface area contributed by atoms with Gasteiger partial charge in [-0.15, -0.1) is 0 Å². The van der Waals surface area contributed by atoms with E-state index in [1.54, 1.807) is 0 Å². The Labute approximate surface area is 94.8 Å². The Morgan fingerprint density at radius 2 is 0.500 bits per heavy atom. The third kappa shape index (κ3) is 8.97. The first kappa shape index (κ1) is 26.9. The van der Waals surface area contributed by atoms with E-state index in [1.165, 1.54) is 0 Å². The summed E-state index contributed by atoms with van der Waals surface area (Å²) < 4.78 is 0. The van der Waals surface area contributed by atoms with Gasteiger partial charge in [0.25, 0.3) is 0 Å². The van der Waals surface area contributed by atoms with Crippen molar-refractivity contribution in [3.05, 3.63) is 0 Å². The molecule has 0 rings (SSSR count). The summed E-state index contributed by atoms with van der Waals surface area (Å²) in [5.41, 5.74) is 0. The van der Waals surface area contributed by atoms with Gasteiger partial charge in [0.2, 0.25) is 0 Å². The number of rotatable bonds is 0. The topological polar surface area (TPSA) is 0 Å². The van der Waals surface area contributed by atoms with Crippen molar-refractivity contribution in [3.63, 3.8) is 0 Å². The molecule has 0 heterocycles. The second-order valence-electron chi connectivity index (χ2n) is 0. The Hall–Kier alpha value is 3.24. The summed E-state index contributed by atoms with van der Waals surface area (Å²) in [6.45, 7) is 0. The van der Waals surface area contributed by atoms with Crippen LogP contribution in [0.15, 0.2) is 0 Å². The fraction of sp³-hybridized carbons (Fsp3) is 0. The van der Waals surface area contributed by atoms with Crippen molar-refractivity contribution in [3.8, 4) is 0 Å². The maximum Gasteiger partial charge on any atom is 4.00 e. The molecule has 0 atom stereocenters. The summed E-state index contributed by atoms with van der Waals surface area (Å²) in [6.07, 6.45) is 0. The van der Waals surface area contributed by atoms with Crippen LogP contribution in [0.4, 0.5) is 0 Å². The summed E-state index contributed by atoms with van der Waals surface area (Å²) in [4.78, 5) is 0. The minimum Gasteiger partial charge on any atom is -2.00 e. The first-order chi connectivity index (χ1) is 0. The van der Waals surface area contributed by atoms with Gasteiger partial charge in [-0.1, -0.05) is 0 Å². The van der Waals surface area contributed by atoms with Crippen LogP contribution >= 0.6 is 0 Å². The normalized spacial score (nSPS) is 0. The van der Waals surface area contributed by atoms with Crippen LogP contribution in [0.1, 0.15) is 0 Å². The zero-order valence-electron chi connectivity index (χ0n) is 1.72. The molecule has 0 radical (unpaired) electrons. The Balaban J connectivity index is 0. The first-order valence-corrected chi connectivity index (χ1v) is 0. The van der Waals surface area contributed by atoms with Crippen molar-refractivity contribution < 1.29 is 25.8 Å². The predicted molar refractivity (Wildman–Crippen MR) is 17.3 cm³/mol. The zero-order chi connectivity index (χ0) is 0. The van der Waals surface area contributed by atoms with Crippen LogP contribution in [0.2, 0.25) is 0 Å². The summed E-state index contributed by atoms with van der Waals surface area (Å²) in [7, 11) is 0. The van der Waals surface area contributed by atoms with Crippen molar-refractivity contribution in [2.45, 2.75) is 0 Å². The minimum atomic E-state index is 0. The summed E-state index contributed by atoms with van der Waals surface area (Å²) in [5, 5.41) is 0. The fourth-order valence-corrected chi connectivity index (χ4v) is 0. The van der Waals surface area contributed by atoms with E-state index >= 15 is 0 Å².